The molecule has 1 saturated carbocycles. The molecule has 0 aliphatic heterocycles. The summed E-state index contributed by atoms with van der Waals surface area (Å²) in [6.45, 7) is 0. The highest BCUT2D eigenvalue weighted by Gasteiger charge is 2.36. The average Bonchev–Trinajstić information content (AvgIpc) is 2.25. The van der Waals surface area contributed by atoms with Crippen LogP contribution in [0.5, 0.6) is 11.5 Å². The lowest BCUT2D eigenvalue weighted by atomic mass is 9.72. The SMILES string of the molecule is COc1cc(Cl)c(C2(N)CCC2)cc1OC. The number of benzene rings is 1. The normalized spacial score (nSPS) is 17.8. The van der Waals surface area contributed by atoms with Gasteiger partial charge in [-0.3, -0.25) is 0 Å². The molecule has 1 aromatic rings. The highest BCUT2D eigenvalue weighted by molar-refractivity contribution is 6.31. The van der Waals surface area contributed by atoms with E-state index < -0.39 is 0 Å². The predicted molar refractivity (Wildman–Crippen MR) is 64.3 cm³/mol. The van der Waals surface area contributed by atoms with Crippen LogP contribution in [0.1, 0.15) is 24.8 Å². The van der Waals surface area contributed by atoms with Crippen molar-refractivity contribution < 1.29 is 9.47 Å². The molecule has 2 rings (SSSR count). The van der Waals surface area contributed by atoms with E-state index >= 15 is 0 Å². The van der Waals surface area contributed by atoms with Crippen LogP contribution in [0.25, 0.3) is 0 Å². The highest BCUT2D eigenvalue weighted by atomic mass is 35.5. The molecule has 0 bridgehead atoms. The lowest BCUT2D eigenvalue weighted by Crippen LogP contribution is -2.43. The third-order valence-electron chi connectivity index (χ3n) is 3.26. The Labute approximate surface area is 100 Å². The van der Waals surface area contributed by atoms with E-state index in [9.17, 15) is 0 Å². The van der Waals surface area contributed by atoms with Crippen LogP contribution in [0.4, 0.5) is 0 Å². The van der Waals surface area contributed by atoms with Crippen molar-refractivity contribution >= 4 is 11.6 Å². The molecule has 2 N–H and O–H groups in total. The number of ether oxygens (including phenoxy) is 2. The molecule has 1 aliphatic carbocycles. The van der Waals surface area contributed by atoms with Crippen LogP contribution in [0, 0.1) is 0 Å². The van der Waals surface area contributed by atoms with Gasteiger partial charge in [0.1, 0.15) is 0 Å². The van der Waals surface area contributed by atoms with Crippen molar-refractivity contribution in [3.05, 3.63) is 22.7 Å². The molecule has 0 spiro atoms. The minimum absolute atomic E-state index is 0.281. The second kappa shape index (κ2) is 4.15. The summed E-state index contributed by atoms with van der Waals surface area (Å²) in [4.78, 5) is 0. The van der Waals surface area contributed by atoms with Crippen molar-refractivity contribution in [1.29, 1.82) is 0 Å². The summed E-state index contributed by atoms with van der Waals surface area (Å²) in [6, 6.07) is 3.66. The number of rotatable bonds is 3. The van der Waals surface area contributed by atoms with Gasteiger partial charge in [0.15, 0.2) is 11.5 Å². The molecule has 16 heavy (non-hydrogen) atoms. The largest absolute Gasteiger partial charge is 0.493 e. The molecule has 3 nitrogen and oxygen atoms in total. The second-order valence-corrected chi connectivity index (χ2v) is 4.60. The molecule has 4 heteroatoms. The van der Waals surface area contributed by atoms with E-state index in [0.29, 0.717) is 16.5 Å². The minimum Gasteiger partial charge on any atom is -0.493 e. The van der Waals surface area contributed by atoms with E-state index in [-0.39, 0.29) is 5.54 Å². The van der Waals surface area contributed by atoms with E-state index in [2.05, 4.69) is 0 Å². The van der Waals surface area contributed by atoms with Crippen molar-refractivity contribution in [3.63, 3.8) is 0 Å². The molecule has 0 unspecified atom stereocenters. The Balaban J connectivity index is 2.46. The zero-order valence-corrected chi connectivity index (χ0v) is 10.3. The van der Waals surface area contributed by atoms with Gasteiger partial charge in [-0.2, -0.15) is 0 Å². The molecule has 1 aliphatic rings. The van der Waals surface area contributed by atoms with Crippen molar-refractivity contribution in [1.82, 2.24) is 0 Å². The van der Waals surface area contributed by atoms with E-state index in [4.69, 9.17) is 26.8 Å². The Morgan fingerprint density at radius 2 is 1.75 bits per heavy atom. The fourth-order valence-electron chi connectivity index (χ4n) is 2.06. The number of hydrogen-bond acceptors (Lipinski definition) is 3. The fraction of sp³-hybridized carbons (Fsp3) is 0.500. The van der Waals surface area contributed by atoms with Gasteiger partial charge in [0, 0.05) is 16.6 Å². The third kappa shape index (κ3) is 1.74. The van der Waals surface area contributed by atoms with Crippen molar-refractivity contribution in [2.45, 2.75) is 24.8 Å². The Bertz CT molecular complexity index is 402. The highest BCUT2D eigenvalue weighted by Crippen LogP contribution is 2.45. The van der Waals surface area contributed by atoms with Crippen LogP contribution in [-0.2, 0) is 5.54 Å². The molecule has 88 valence electrons. The Morgan fingerprint density at radius 1 is 1.19 bits per heavy atom. The molecule has 1 aromatic carbocycles. The standard InChI is InChI=1S/C12H16ClNO2/c1-15-10-6-8(12(14)4-3-5-12)9(13)7-11(10)16-2/h6-7H,3-5,14H2,1-2H3. The van der Waals surface area contributed by atoms with Gasteiger partial charge < -0.3 is 15.2 Å². The molecular weight excluding hydrogens is 226 g/mol. The minimum atomic E-state index is -0.281. The van der Waals surface area contributed by atoms with Gasteiger partial charge in [-0.1, -0.05) is 11.6 Å². The Hall–Kier alpha value is -0.930. The van der Waals surface area contributed by atoms with E-state index in [1.54, 1.807) is 20.3 Å². The summed E-state index contributed by atoms with van der Waals surface area (Å²) in [5.41, 5.74) is 6.93. The zero-order chi connectivity index (χ0) is 11.8. The van der Waals surface area contributed by atoms with Crippen molar-refractivity contribution in [2.75, 3.05) is 14.2 Å². The first-order valence-electron chi connectivity index (χ1n) is 5.31. The van der Waals surface area contributed by atoms with E-state index in [1.807, 2.05) is 6.07 Å². The van der Waals surface area contributed by atoms with Gasteiger partial charge in [0.2, 0.25) is 0 Å². The van der Waals surface area contributed by atoms with Crippen molar-refractivity contribution in [2.24, 2.45) is 5.73 Å². The number of halogens is 1. The maximum atomic E-state index is 6.26. The summed E-state index contributed by atoms with van der Waals surface area (Å²) in [6.07, 6.45) is 3.10. The van der Waals surface area contributed by atoms with Gasteiger partial charge in [0.05, 0.1) is 14.2 Å². The smallest absolute Gasteiger partial charge is 0.162 e. The number of nitrogens with two attached hydrogens (primary N) is 1. The molecule has 0 radical (unpaired) electrons. The quantitative estimate of drug-likeness (QED) is 0.885. The lowest BCUT2D eigenvalue weighted by Gasteiger charge is -2.39. The summed E-state index contributed by atoms with van der Waals surface area (Å²) in [5, 5.41) is 0.653. The zero-order valence-electron chi connectivity index (χ0n) is 9.55. The summed E-state index contributed by atoms with van der Waals surface area (Å²) < 4.78 is 10.4. The van der Waals surface area contributed by atoms with Gasteiger partial charge in [0.25, 0.3) is 0 Å². The topological polar surface area (TPSA) is 44.5 Å². The molecule has 1 fully saturated rings. The van der Waals surface area contributed by atoms with Crippen LogP contribution in [0.15, 0.2) is 12.1 Å². The first-order valence-corrected chi connectivity index (χ1v) is 5.69. The van der Waals surface area contributed by atoms with Crippen LogP contribution in [-0.4, -0.2) is 14.2 Å². The summed E-state index contributed by atoms with van der Waals surface area (Å²) in [5.74, 6) is 1.32. The van der Waals surface area contributed by atoms with Crippen molar-refractivity contribution in [3.8, 4) is 11.5 Å². The third-order valence-corrected chi connectivity index (χ3v) is 3.57. The maximum Gasteiger partial charge on any atom is 0.162 e. The number of hydrogen-bond donors (Lipinski definition) is 1. The van der Waals surface area contributed by atoms with Gasteiger partial charge >= 0.3 is 0 Å². The first kappa shape index (κ1) is 11.6. The van der Waals surface area contributed by atoms with Gasteiger partial charge in [-0.15, -0.1) is 0 Å². The summed E-state index contributed by atoms with van der Waals surface area (Å²) >= 11 is 6.22. The van der Waals surface area contributed by atoms with E-state index in [0.717, 1.165) is 24.8 Å². The van der Waals surface area contributed by atoms with Gasteiger partial charge in [-0.05, 0) is 30.9 Å². The molecule has 0 saturated heterocycles. The molecule has 0 aromatic heterocycles. The molecule has 0 heterocycles. The van der Waals surface area contributed by atoms with Crippen LogP contribution in [0.3, 0.4) is 0 Å². The van der Waals surface area contributed by atoms with Crippen LogP contribution >= 0.6 is 11.6 Å². The Morgan fingerprint density at radius 3 is 2.19 bits per heavy atom. The summed E-state index contributed by atoms with van der Waals surface area (Å²) in [7, 11) is 3.20. The lowest BCUT2D eigenvalue weighted by molar-refractivity contribution is 0.252. The van der Waals surface area contributed by atoms with Gasteiger partial charge in [-0.25, -0.2) is 0 Å². The molecular formula is C12H16ClNO2. The van der Waals surface area contributed by atoms with Crippen LogP contribution < -0.4 is 15.2 Å². The predicted octanol–water partition coefficient (Wildman–Crippen LogP) is 2.70. The monoisotopic (exact) mass is 241 g/mol. The Kier molecular flexibility index (Phi) is 3.00. The molecule has 0 atom stereocenters. The first-order chi connectivity index (χ1) is 7.60. The van der Waals surface area contributed by atoms with Crippen LogP contribution in [0.2, 0.25) is 5.02 Å². The van der Waals surface area contributed by atoms with E-state index in [1.165, 1.54) is 0 Å². The maximum absolute atomic E-state index is 6.26. The average molecular weight is 242 g/mol. The molecule has 0 amide bonds. The second-order valence-electron chi connectivity index (χ2n) is 4.20. The number of methoxy groups -OCH3 is 2. The fourth-order valence-corrected chi connectivity index (χ4v) is 2.40.